The number of hydrogen-bond donors (Lipinski definition) is 2. The second kappa shape index (κ2) is 6.98. The Bertz CT molecular complexity index is 773. The predicted molar refractivity (Wildman–Crippen MR) is 95.8 cm³/mol. The maximum atomic E-state index is 12.6. The molecule has 2 atom stereocenters. The Morgan fingerprint density at radius 2 is 2.00 bits per heavy atom. The summed E-state index contributed by atoms with van der Waals surface area (Å²) in [5.74, 6) is -1.14. The van der Waals surface area contributed by atoms with E-state index in [1.54, 1.807) is 4.90 Å². The summed E-state index contributed by atoms with van der Waals surface area (Å²) in [4.78, 5) is 26.8. The summed E-state index contributed by atoms with van der Waals surface area (Å²) in [6.45, 7) is 2.24. The largest absolute Gasteiger partial charge is 0.481 e. The van der Waals surface area contributed by atoms with Crippen molar-refractivity contribution in [2.45, 2.75) is 25.9 Å². The number of likely N-dealkylation sites (tertiary alicyclic amines) is 1. The first-order chi connectivity index (χ1) is 11.9. The van der Waals surface area contributed by atoms with E-state index in [1.807, 2.05) is 48.7 Å². The summed E-state index contributed by atoms with van der Waals surface area (Å²) < 4.78 is 0. The van der Waals surface area contributed by atoms with E-state index in [-0.39, 0.29) is 25.3 Å². The van der Waals surface area contributed by atoms with Crippen molar-refractivity contribution in [1.82, 2.24) is 4.90 Å². The summed E-state index contributed by atoms with van der Waals surface area (Å²) in [6, 6.07) is 11.2. The fraction of sp³-hybridized carbons (Fsp3) is 0.368. The first-order valence-electron chi connectivity index (χ1n) is 8.23. The summed E-state index contributed by atoms with van der Waals surface area (Å²) in [5.41, 5.74) is 0.518. The van der Waals surface area contributed by atoms with Gasteiger partial charge < -0.3 is 15.1 Å². The maximum absolute atomic E-state index is 12.6. The number of carboxylic acid groups (broad SMARTS) is 1. The lowest BCUT2D eigenvalue weighted by Gasteiger charge is -2.42. The molecule has 25 heavy (non-hydrogen) atoms. The second-order valence-corrected chi connectivity index (χ2v) is 7.49. The van der Waals surface area contributed by atoms with E-state index in [2.05, 4.69) is 0 Å². The van der Waals surface area contributed by atoms with Crippen molar-refractivity contribution in [2.75, 3.05) is 13.1 Å². The number of β-amino-alcohol motifs (C(OH)–C–C–N with tert-alkyl or cyclic N) is 1. The molecule has 0 spiro atoms. The van der Waals surface area contributed by atoms with Crippen LogP contribution in [0.25, 0.3) is 0 Å². The topological polar surface area (TPSA) is 77.8 Å². The molecule has 2 heterocycles. The van der Waals surface area contributed by atoms with Gasteiger partial charge in [-0.2, -0.15) is 0 Å². The average Bonchev–Trinajstić information content (AvgIpc) is 3.02. The van der Waals surface area contributed by atoms with Gasteiger partial charge in [0.25, 0.3) is 5.91 Å². The molecule has 1 aliphatic rings. The van der Waals surface area contributed by atoms with Crippen molar-refractivity contribution >= 4 is 23.2 Å². The predicted octanol–water partition coefficient (Wildman–Crippen LogP) is 2.58. The number of hydrogen-bond acceptors (Lipinski definition) is 4. The normalized spacial score (nSPS) is 23.4. The first kappa shape index (κ1) is 17.6. The highest BCUT2D eigenvalue weighted by Crippen LogP contribution is 2.36. The Morgan fingerprint density at radius 3 is 2.56 bits per heavy atom. The molecule has 1 aromatic heterocycles. The number of piperidine rings is 1. The van der Waals surface area contributed by atoms with Crippen molar-refractivity contribution in [1.29, 1.82) is 0 Å². The average molecular weight is 359 g/mol. The van der Waals surface area contributed by atoms with Crippen LogP contribution in [-0.2, 0) is 11.2 Å². The van der Waals surface area contributed by atoms with Gasteiger partial charge in [0.05, 0.1) is 11.0 Å². The number of thiophene rings is 1. The highest BCUT2D eigenvalue weighted by molar-refractivity contribution is 7.12. The monoisotopic (exact) mass is 359 g/mol. The van der Waals surface area contributed by atoms with E-state index >= 15 is 0 Å². The van der Waals surface area contributed by atoms with Crippen LogP contribution >= 0.6 is 11.3 Å². The zero-order valence-electron chi connectivity index (χ0n) is 14.0. The van der Waals surface area contributed by atoms with Gasteiger partial charge in [-0.1, -0.05) is 30.3 Å². The van der Waals surface area contributed by atoms with E-state index in [1.165, 1.54) is 11.3 Å². The molecule has 1 fully saturated rings. The third-order valence-electron chi connectivity index (χ3n) is 4.99. The Morgan fingerprint density at radius 1 is 1.28 bits per heavy atom. The van der Waals surface area contributed by atoms with Gasteiger partial charge in [0, 0.05) is 13.1 Å². The quantitative estimate of drug-likeness (QED) is 0.880. The number of nitrogens with zero attached hydrogens (tertiary/aromatic N) is 1. The van der Waals surface area contributed by atoms with Crippen LogP contribution in [0.5, 0.6) is 0 Å². The van der Waals surface area contributed by atoms with E-state index in [0.717, 1.165) is 11.1 Å². The van der Waals surface area contributed by atoms with Crippen LogP contribution in [0.2, 0.25) is 0 Å². The van der Waals surface area contributed by atoms with E-state index < -0.39 is 17.5 Å². The SMILES string of the molecule is Cc1ccsc1C(=O)N1CC[C@](Cc2ccccc2)(C(=O)O)[C@@H](O)C1. The zero-order valence-corrected chi connectivity index (χ0v) is 14.8. The molecule has 3 rings (SSSR count). The van der Waals surface area contributed by atoms with Gasteiger partial charge in [-0.05, 0) is 42.3 Å². The molecule has 1 saturated heterocycles. The number of carbonyl (C=O) groups is 2. The smallest absolute Gasteiger partial charge is 0.312 e. The standard InChI is InChI=1S/C19H21NO4S/c1-13-7-10-25-16(13)17(22)20-9-8-19(18(23)24,15(21)12-20)11-14-5-3-2-4-6-14/h2-7,10,15,21H,8-9,11-12H2,1H3,(H,23,24)/t15-,19+/m0/s1. The summed E-state index contributed by atoms with van der Waals surface area (Å²) in [7, 11) is 0. The molecule has 0 aliphatic carbocycles. The zero-order chi connectivity index (χ0) is 18.0. The Labute approximate surface area is 150 Å². The third-order valence-corrected chi connectivity index (χ3v) is 6.00. The van der Waals surface area contributed by atoms with Crippen LogP contribution in [0, 0.1) is 12.3 Å². The molecule has 0 saturated carbocycles. The molecule has 0 bridgehead atoms. The molecule has 1 aromatic carbocycles. The molecular weight excluding hydrogens is 338 g/mol. The summed E-state index contributed by atoms with van der Waals surface area (Å²) in [6.07, 6.45) is -0.623. The van der Waals surface area contributed by atoms with Crippen molar-refractivity contribution in [3.05, 3.63) is 57.8 Å². The molecule has 132 valence electrons. The number of aliphatic carboxylic acids is 1. The van der Waals surface area contributed by atoms with Crippen LogP contribution < -0.4 is 0 Å². The van der Waals surface area contributed by atoms with Crippen LogP contribution in [0.4, 0.5) is 0 Å². The molecule has 0 unspecified atom stereocenters. The van der Waals surface area contributed by atoms with Crippen LogP contribution in [-0.4, -0.2) is 46.2 Å². The molecule has 2 N–H and O–H groups in total. The fourth-order valence-electron chi connectivity index (χ4n) is 3.39. The van der Waals surface area contributed by atoms with E-state index in [9.17, 15) is 19.8 Å². The number of carbonyl (C=O) groups excluding carboxylic acids is 1. The second-order valence-electron chi connectivity index (χ2n) is 6.57. The van der Waals surface area contributed by atoms with Crippen molar-refractivity contribution in [3.8, 4) is 0 Å². The van der Waals surface area contributed by atoms with Gasteiger partial charge in [-0.25, -0.2) is 0 Å². The number of aliphatic hydroxyl groups excluding tert-OH is 1. The number of rotatable bonds is 4. The number of aryl methyl sites for hydroxylation is 1. The lowest BCUT2D eigenvalue weighted by atomic mass is 9.71. The molecule has 1 amide bonds. The van der Waals surface area contributed by atoms with Crippen LogP contribution in [0.15, 0.2) is 41.8 Å². The van der Waals surface area contributed by atoms with E-state index in [0.29, 0.717) is 11.4 Å². The van der Waals surface area contributed by atoms with Gasteiger partial charge in [0.1, 0.15) is 5.41 Å². The fourth-order valence-corrected chi connectivity index (χ4v) is 4.28. The summed E-state index contributed by atoms with van der Waals surface area (Å²) in [5, 5.41) is 22.3. The highest BCUT2D eigenvalue weighted by Gasteiger charge is 2.49. The lowest BCUT2D eigenvalue weighted by molar-refractivity contribution is -0.161. The van der Waals surface area contributed by atoms with Crippen molar-refractivity contribution in [2.24, 2.45) is 5.41 Å². The first-order valence-corrected chi connectivity index (χ1v) is 9.11. The third kappa shape index (κ3) is 3.32. The molecule has 0 radical (unpaired) electrons. The molecule has 5 nitrogen and oxygen atoms in total. The maximum Gasteiger partial charge on any atom is 0.312 e. The number of carboxylic acids is 1. The van der Waals surface area contributed by atoms with E-state index in [4.69, 9.17) is 0 Å². The lowest BCUT2D eigenvalue weighted by Crippen LogP contribution is -2.57. The van der Waals surface area contributed by atoms with Crippen molar-refractivity contribution in [3.63, 3.8) is 0 Å². The molecular formula is C19H21NO4S. The van der Waals surface area contributed by atoms with Crippen molar-refractivity contribution < 1.29 is 19.8 Å². The van der Waals surface area contributed by atoms with Crippen LogP contribution in [0.1, 0.15) is 27.2 Å². The minimum Gasteiger partial charge on any atom is -0.481 e. The van der Waals surface area contributed by atoms with Gasteiger partial charge >= 0.3 is 5.97 Å². The van der Waals surface area contributed by atoms with Gasteiger partial charge in [0.2, 0.25) is 0 Å². The molecule has 2 aromatic rings. The molecule has 6 heteroatoms. The van der Waals surface area contributed by atoms with Crippen LogP contribution in [0.3, 0.4) is 0 Å². The number of amides is 1. The van der Waals surface area contributed by atoms with Gasteiger partial charge in [-0.3, -0.25) is 9.59 Å². The number of aliphatic hydroxyl groups is 1. The Balaban J connectivity index is 1.80. The molecule has 1 aliphatic heterocycles. The minimum absolute atomic E-state index is 0.0370. The Hall–Kier alpha value is -2.18. The Kier molecular flexibility index (Phi) is 4.92. The summed E-state index contributed by atoms with van der Waals surface area (Å²) >= 11 is 1.37. The minimum atomic E-state index is -1.26. The number of benzene rings is 1. The highest BCUT2D eigenvalue weighted by atomic mass is 32.1. The van der Waals surface area contributed by atoms with Gasteiger partial charge in [-0.15, -0.1) is 11.3 Å². The van der Waals surface area contributed by atoms with Gasteiger partial charge in [0.15, 0.2) is 0 Å².